The molecular weight excluding hydrogens is 248 g/mol. The van der Waals surface area contributed by atoms with Crippen LogP contribution in [0.25, 0.3) is 0 Å². The van der Waals surface area contributed by atoms with E-state index < -0.39 is 10.8 Å². The van der Waals surface area contributed by atoms with E-state index in [1.54, 1.807) is 6.26 Å². The highest BCUT2D eigenvalue weighted by Gasteiger charge is 2.39. The van der Waals surface area contributed by atoms with Gasteiger partial charge in [0, 0.05) is 28.9 Å². The van der Waals surface area contributed by atoms with Crippen molar-refractivity contribution in [3.63, 3.8) is 0 Å². The highest BCUT2D eigenvalue weighted by atomic mass is 32.2. The van der Waals surface area contributed by atoms with Crippen LogP contribution in [0.15, 0.2) is 0 Å². The number of amides is 1. The summed E-state index contributed by atoms with van der Waals surface area (Å²) < 4.78 is 11.3. The quantitative estimate of drug-likeness (QED) is 0.765. The minimum absolute atomic E-state index is 0.0392. The Balaban J connectivity index is 2.69. The summed E-state index contributed by atoms with van der Waals surface area (Å²) in [6.07, 6.45) is 5.79. The van der Waals surface area contributed by atoms with Crippen LogP contribution < -0.4 is 5.32 Å². The van der Waals surface area contributed by atoms with E-state index in [0.29, 0.717) is 5.75 Å². The first-order valence-corrected chi connectivity index (χ1v) is 8.62. The Kier molecular flexibility index (Phi) is 6.29. The summed E-state index contributed by atoms with van der Waals surface area (Å²) in [4.78, 5) is 14.3. The maximum atomic E-state index is 12.4. The number of nitrogens with one attached hydrogen (secondary N) is 1. The van der Waals surface area contributed by atoms with E-state index >= 15 is 0 Å². The molecule has 1 amide bonds. The van der Waals surface area contributed by atoms with Crippen LogP contribution in [0.2, 0.25) is 0 Å². The van der Waals surface area contributed by atoms with Gasteiger partial charge in [-0.1, -0.05) is 26.7 Å². The van der Waals surface area contributed by atoms with Crippen molar-refractivity contribution in [3.8, 4) is 0 Å². The first-order chi connectivity index (χ1) is 8.51. The van der Waals surface area contributed by atoms with Crippen molar-refractivity contribution in [2.24, 2.45) is 0 Å². The lowest BCUT2D eigenvalue weighted by molar-refractivity contribution is -0.131. The van der Waals surface area contributed by atoms with E-state index in [0.717, 1.165) is 25.7 Å². The lowest BCUT2D eigenvalue weighted by Crippen LogP contribution is -2.45. The molecule has 0 aromatic heterocycles. The maximum absolute atomic E-state index is 12.4. The molecule has 1 heterocycles. The van der Waals surface area contributed by atoms with Crippen LogP contribution in [-0.2, 0) is 15.6 Å². The number of nitrogens with zero attached hydrogens (tertiary/aromatic N) is 1. The van der Waals surface area contributed by atoms with Gasteiger partial charge in [-0.15, -0.1) is 0 Å². The van der Waals surface area contributed by atoms with Gasteiger partial charge in [-0.2, -0.15) is 0 Å². The fraction of sp³-hybridized carbons (Fsp3) is 0.923. The highest BCUT2D eigenvalue weighted by molar-refractivity contribution is 7.84. The van der Waals surface area contributed by atoms with Crippen LogP contribution in [0.3, 0.4) is 0 Å². The Labute approximate surface area is 113 Å². The Morgan fingerprint density at radius 2 is 2.11 bits per heavy atom. The summed E-state index contributed by atoms with van der Waals surface area (Å²) >= 11 is 0. The summed E-state index contributed by atoms with van der Waals surface area (Å²) in [5.41, 5.74) is 0. The Morgan fingerprint density at radius 1 is 1.44 bits per heavy atom. The van der Waals surface area contributed by atoms with Crippen molar-refractivity contribution in [2.45, 2.75) is 64.7 Å². The van der Waals surface area contributed by atoms with Gasteiger partial charge in [0.05, 0.1) is 12.2 Å². The van der Waals surface area contributed by atoms with Crippen molar-refractivity contribution in [3.05, 3.63) is 0 Å². The minimum atomic E-state index is -0.862. The molecule has 0 spiro atoms. The van der Waals surface area contributed by atoms with Crippen molar-refractivity contribution >= 4 is 16.7 Å². The van der Waals surface area contributed by atoms with Gasteiger partial charge in [0.15, 0.2) is 0 Å². The molecule has 0 aromatic rings. The molecule has 0 bridgehead atoms. The largest absolute Gasteiger partial charge is 0.322 e. The molecule has 1 aliphatic rings. The van der Waals surface area contributed by atoms with Gasteiger partial charge >= 0.3 is 0 Å². The molecule has 4 unspecified atom stereocenters. The molecule has 5 heteroatoms. The zero-order valence-corrected chi connectivity index (χ0v) is 12.8. The molecule has 0 saturated carbocycles. The normalized spacial score (nSPS) is 27.6. The Hall–Kier alpha value is -0.420. The zero-order valence-electron chi connectivity index (χ0n) is 11.9. The molecule has 106 valence electrons. The fourth-order valence-corrected chi connectivity index (χ4v) is 3.43. The van der Waals surface area contributed by atoms with Crippen LogP contribution in [0.5, 0.6) is 0 Å². The molecule has 1 N–H and O–H groups in total. The molecule has 0 radical (unpaired) electrons. The van der Waals surface area contributed by atoms with Crippen LogP contribution in [-0.4, -0.2) is 45.3 Å². The Bertz CT molecular complexity index is 309. The number of rotatable bonds is 7. The molecule has 0 aliphatic carbocycles. The number of hydrogen-bond acceptors (Lipinski definition) is 3. The lowest BCUT2D eigenvalue weighted by atomic mass is 10.1. The molecule has 0 aromatic carbocycles. The average molecular weight is 274 g/mol. The van der Waals surface area contributed by atoms with E-state index in [1.165, 1.54) is 0 Å². The summed E-state index contributed by atoms with van der Waals surface area (Å²) in [6, 6.07) is 0.00931. The van der Waals surface area contributed by atoms with Gasteiger partial charge in [0.2, 0.25) is 5.91 Å². The predicted octanol–water partition coefficient (Wildman–Crippen LogP) is 1.48. The number of carbonyl (C=O) groups is 1. The fourth-order valence-electron chi connectivity index (χ4n) is 2.59. The van der Waals surface area contributed by atoms with Gasteiger partial charge in [-0.25, -0.2) is 0 Å². The predicted molar refractivity (Wildman–Crippen MR) is 75.8 cm³/mol. The number of unbranched alkanes of at least 4 members (excludes halogenated alkanes) is 1. The molecule has 1 saturated heterocycles. The van der Waals surface area contributed by atoms with Crippen LogP contribution in [0.1, 0.15) is 46.5 Å². The number of hydrogen-bond donors (Lipinski definition) is 1. The van der Waals surface area contributed by atoms with E-state index in [-0.39, 0.29) is 24.2 Å². The van der Waals surface area contributed by atoms with Crippen molar-refractivity contribution in [2.75, 3.05) is 12.0 Å². The minimum Gasteiger partial charge on any atom is -0.322 e. The zero-order chi connectivity index (χ0) is 13.7. The molecule has 1 fully saturated rings. The highest BCUT2D eigenvalue weighted by Crippen LogP contribution is 2.20. The summed E-state index contributed by atoms with van der Waals surface area (Å²) in [7, 11) is -0.862. The average Bonchev–Trinajstić information content (AvgIpc) is 2.62. The molecule has 1 aliphatic heterocycles. The van der Waals surface area contributed by atoms with Gasteiger partial charge in [-0.05, 0) is 19.8 Å². The first kappa shape index (κ1) is 15.6. The SMILES string of the molecule is CCCCC1NC(CC)N(C(C)CS(C)=O)C1=O. The molecule has 4 atom stereocenters. The molecule has 4 nitrogen and oxygen atoms in total. The third-order valence-corrected chi connectivity index (χ3v) is 4.42. The third-order valence-electron chi connectivity index (χ3n) is 3.47. The lowest BCUT2D eigenvalue weighted by Gasteiger charge is -2.29. The smallest absolute Gasteiger partial charge is 0.241 e. The van der Waals surface area contributed by atoms with Gasteiger partial charge < -0.3 is 4.90 Å². The van der Waals surface area contributed by atoms with E-state index in [4.69, 9.17) is 0 Å². The standard InChI is InChI=1S/C13H26N2O2S/c1-5-7-8-11-13(16)15(12(6-2)14-11)10(3)9-18(4)17/h10-12,14H,5-9H2,1-4H3. The van der Waals surface area contributed by atoms with E-state index in [1.807, 2.05) is 11.8 Å². The van der Waals surface area contributed by atoms with Gasteiger partial charge in [-0.3, -0.25) is 14.3 Å². The summed E-state index contributed by atoms with van der Waals surface area (Å²) in [6.45, 7) is 6.21. The molecular formula is C13H26N2O2S. The van der Waals surface area contributed by atoms with E-state index in [2.05, 4.69) is 19.2 Å². The monoisotopic (exact) mass is 274 g/mol. The van der Waals surface area contributed by atoms with Gasteiger partial charge in [0.1, 0.15) is 0 Å². The van der Waals surface area contributed by atoms with Crippen LogP contribution >= 0.6 is 0 Å². The summed E-state index contributed by atoms with van der Waals surface area (Å²) in [5, 5.41) is 3.41. The van der Waals surface area contributed by atoms with Crippen LogP contribution in [0, 0.1) is 0 Å². The van der Waals surface area contributed by atoms with Crippen molar-refractivity contribution < 1.29 is 9.00 Å². The number of carbonyl (C=O) groups excluding carboxylic acids is 1. The topological polar surface area (TPSA) is 49.4 Å². The second-order valence-electron chi connectivity index (χ2n) is 5.12. The third kappa shape index (κ3) is 3.79. The molecule has 1 rings (SSSR count). The van der Waals surface area contributed by atoms with Crippen molar-refractivity contribution in [1.29, 1.82) is 0 Å². The summed E-state index contributed by atoms with van der Waals surface area (Å²) in [5.74, 6) is 0.748. The second-order valence-corrected chi connectivity index (χ2v) is 6.60. The van der Waals surface area contributed by atoms with Crippen molar-refractivity contribution in [1.82, 2.24) is 10.2 Å². The second kappa shape index (κ2) is 7.24. The first-order valence-electron chi connectivity index (χ1n) is 6.89. The van der Waals surface area contributed by atoms with Crippen LogP contribution in [0.4, 0.5) is 0 Å². The molecule has 18 heavy (non-hydrogen) atoms. The van der Waals surface area contributed by atoms with Gasteiger partial charge in [0.25, 0.3) is 0 Å². The maximum Gasteiger partial charge on any atom is 0.241 e. The van der Waals surface area contributed by atoms with E-state index in [9.17, 15) is 9.00 Å². The Morgan fingerprint density at radius 3 is 2.61 bits per heavy atom.